The molecule has 5 nitrogen and oxygen atoms in total. The highest BCUT2D eigenvalue weighted by molar-refractivity contribution is 7.22. The second-order valence-corrected chi connectivity index (χ2v) is 5.23. The van der Waals surface area contributed by atoms with E-state index in [-0.39, 0.29) is 11.7 Å². The van der Waals surface area contributed by atoms with Crippen LogP contribution in [-0.2, 0) is 15.1 Å². The van der Waals surface area contributed by atoms with E-state index in [0.717, 1.165) is 23.5 Å². The van der Waals surface area contributed by atoms with Gasteiger partial charge in [0.15, 0.2) is 5.13 Å². The monoisotopic (exact) mass is 320 g/mol. The van der Waals surface area contributed by atoms with Crippen LogP contribution < -0.4 is 5.73 Å². The van der Waals surface area contributed by atoms with E-state index in [4.69, 9.17) is 5.73 Å². The zero-order chi connectivity index (χ0) is 15.8. The quantitative estimate of drug-likeness (QED) is 0.847. The lowest BCUT2D eigenvalue weighted by atomic mass is 9.93. The average Bonchev–Trinajstić information content (AvgIpc) is 2.75. The minimum absolute atomic E-state index is 0.175. The van der Waals surface area contributed by atoms with Crippen molar-refractivity contribution in [3.63, 3.8) is 0 Å². The van der Waals surface area contributed by atoms with Gasteiger partial charge in [-0.3, -0.25) is 0 Å². The summed E-state index contributed by atoms with van der Waals surface area (Å²) in [5, 5.41) is 10.1. The smallest absolute Gasteiger partial charge is 0.432 e. The largest absolute Gasteiger partial charge is 0.463 e. The van der Waals surface area contributed by atoms with E-state index >= 15 is 0 Å². The Morgan fingerprint density at radius 3 is 2.71 bits per heavy atom. The molecular weight excluding hydrogens is 309 g/mol. The van der Waals surface area contributed by atoms with Crippen molar-refractivity contribution in [1.29, 1.82) is 0 Å². The van der Waals surface area contributed by atoms with Crippen LogP contribution in [-0.4, -0.2) is 28.8 Å². The van der Waals surface area contributed by atoms with E-state index in [2.05, 4.69) is 9.72 Å². The van der Waals surface area contributed by atoms with Gasteiger partial charge in [-0.15, -0.1) is 0 Å². The number of nitrogens with two attached hydrogens (primary N) is 1. The maximum Gasteiger partial charge on any atom is 0.432 e. The number of nitrogens with zero attached hydrogens (tertiary/aromatic N) is 1. The summed E-state index contributed by atoms with van der Waals surface area (Å²) < 4.78 is 44.2. The molecule has 1 aromatic carbocycles. The molecule has 0 saturated carbocycles. The first-order valence-corrected chi connectivity index (χ1v) is 6.64. The molecule has 114 valence electrons. The summed E-state index contributed by atoms with van der Waals surface area (Å²) in [6.45, 7) is 1.06. The van der Waals surface area contributed by atoms with Crippen molar-refractivity contribution in [2.45, 2.75) is 18.7 Å². The summed E-state index contributed by atoms with van der Waals surface area (Å²) in [5.74, 6) is -1.77. The molecular formula is C12H11F3N2O3S. The number of hydrogen-bond acceptors (Lipinski definition) is 6. The summed E-state index contributed by atoms with van der Waals surface area (Å²) in [6, 6.07) is 3.27. The third-order valence-corrected chi connectivity index (χ3v) is 3.65. The van der Waals surface area contributed by atoms with Crippen molar-refractivity contribution in [2.24, 2.45) is 0 Å². The van der Waals surface area contributed by atoms with Crippen LogP contribution >= 0.6 is 11.3 Å². The molecule has 9 heteroatoms. The Morgan fingerprint density at radius 2 is 2.14 bits per heavy atom. The summed E-state index contributed by atoms with van der Waals surface area (Å²) in [7, 11) is 0. The standard InChI is InChI=1S/C12H11F3N2O3S/c1-2-20-9(18)11(19,12(13,14)15)6-3-4-7-8(5-6)21-10(16)17-7/h3-5,19H,2H2,1H3,(H2,16,17). The van der Waals surface area contributed by atoms with Crippen LogP contribution in [0.5, 0.6) is 0 Å². The van der Waals surface area contributed by atoms with Crippen molar-refractivity contribution in [3.8, 4) is 0 Å². The number of hydrogen-bond donors (Lipinski definition) is 2. The Hall–Kier alpha value is -1.87. The molecule has 21 heavy (non-hydrogen) atoms. The highest BCUT2D eigenvalue weighted by atomic mass is 32.1. The molecule has 0 radical (unpaired) electrons. The summed E-state index contributed by atoms with van der Waals surface area (Å²) in [5.41, 5.74) is 1.50. The average molecular weight is 320 g/mol. The number of benzene rings is 1. The number of aromatic nitrogens is 1. The number of rotatable bonds is 3. The number of carbonyl (C=O) groups is 1. The molecule has 0 fully saturated rings. The number of halogens is 3. The predicted octanol–water partition coefficient (Wildman–Crippen LogP) is 2.19. The first kappa shape index (κ1) is 15.5. The van der Waals surface area contributed by atoms with Crippen LogP contribution in [0.25, 0.3) is 10.2 Å². The van der Waals surface area contributed by atoms with E-state index in [1.165, 1.54) is 13.0 Å². The second kappa shape index (κ2) is 5.15. The van der Waals surface area contributed by atoms with Crippen molar-refractivity contribution in [1.82, 2.24) is 4.98 Å². The van der Waals surface area contributed by atoms with Crippen LogP contribution in [0, 0.1) is 0 Å². The molecule has 3 N–H and O–H groups in total. The van der Waals surface area contributed by atoms with Gasteiger partial charge in [0.1, 0.15) is 0 Å². The summed E-state index contributed by atoms with van der Waals surface area (Å²) in [6.07, 6.45) is -5.22. The molecule has 0 aliphatic carbocycles. The minimum Gasteiger partial charge on any atom is -0.463 e. The molecule has 1 atom stereocenters. The van der Waals surface area contributed by atoms with Gasteiger partial charge in [0, 0.05) is 5.56 Å². The van der Waals surface area contributed by atoms with Crippen LogP contribution in [0.1, 0.15) is 12.5 Å². The first-order chi connectivity index (χ1) is 9.70. The zero-order valence-corrected chi connectivity index (χ0v) is 11.6. The molecule has 0 amide bonds. The maximum absolute atomic E-state index is 13.2. The lowest BCUT2D eigenvalue weighted by Gasteiger charge is -2.28. The fourth-order valence-electron chi connectivity index (χ4n) is 1.80. The third kappa shape index (κ3) is 2.54. The number of nitrogen functional groups attached to an aromatic ring is 1. The molecule has 0 aliphatic rings. The Balaban J connectivity index is 2.60. The normalized spacial score (nSPS) is 14.9. The number of carbonyl (C=O) groups excluding carboxylic acids is 1. The van der Waals surface area contributed by atoms with Crippen LogP contribution in [0.2, 0.25) is 0 Å². The van der Waals surface area contributed by atoms with E-state index in [1.54, 1.807) is 0 Å². The number of anilines is 1. The molecule has 1 heterocycles. The molecule has 0 aliphatic heterocycles. The molecule has 0 bridgehead atoms. The predicted molar refractivity (Wildman–Crippen MR) is 70.6 cm³/mol. The van der Waals surface area contributed by atoms with Gasteiger partial charge in [-0.1, -0.05) is 17.4 Å². The Morgan fingerprint density at radius 1 is 1.48 bits per heavy atom. The summed E-state index contributed by atoms with van der Waals surface area (Å²) in [4.78, 5) is 15.5. The van der Waals surface area contributed by atoms with E-state index < -0.39 is 23.3 Å². The number of fused-ring (bicyclic) bond motifs is 1. The van der Waals surface area contributed by atoms with Gasteiger partial charge in [-0.25, -0.2) is 9.78 Å². The number of alkyl halides is 3. The van der Waals surface area contributed by atoms with Crippen molar-refractivity contribution in [2.75, 3.05) is 12.3 Å². The molecule has 0 spiro atoms. The van der Waals surface area contributed by atoms with Crippen molar-refractivity contribution < 1.29 is 27.8 Å². The van der Waals surface area contributed by atoms with Gasteiger partial charge in [0.05, 0.1) is 16.8 Å². The fourth-order valence-corrected chi connectivity index (χ4v) is 2.57. The minimum atomic E-state index is -5.22. The molecule has 1 unspecified atom stereocenters. The number of thiazole rings is 1. The molecule has 0 saturated heterocycles. The SMILES string of the molecule is CCOC(=O)C(O)(c1ccc2nc(N)sc2c1)C(F)(F)F. The number of esters is 1. The summed E-state index contributed by atoms with van der Waals surface area (Å²) >= 11 is 0.954. The van der Waals surface area contributed by atoms with Gasteiger partial charge in [0.25, 0.3) is 5.60 Å². The van der Waals surface area contributed by atoms with Crippen molar-refractivity contribution >= 4 is 32.7 Å². The number of ether oxygens (including phenoxy) is 1. The van der Waals surface area contributed by atoms with Gasteiger partial charge >= 0.3 is 12.1 Å². The maximum atomic E-state index is 13.2. The molecule has 2 rings (SSSR count). The van der Waals surface area contributed by atoms with Crippen LogP contribution in [0.3, 0.4) is 0 Å². The van der Waals surface area contributed by atoms with E-state index in [9.17, 15) is 23.1 Å². The third-order valence-electron chi connectivity index (χ3n) is 2.80. The van der Waals surface area contributed by atoms with Gasteiger partial charge in [-0.05, 0) is 19.1 Å². The highest BCUT2D eigenvalue weighted by Gasteiger charge is 2.62. The molecule has 1 aromatic heterocycles. The molecule has 2 aromatic rings. The first-order valence-electron chi connectivity index (χ1n) is 5.83. The fraction of sp³-hybridized carbons (Fsp3) is 0.333. The van der Waals surface area contributed by atoms with E-state index in [1.807, 2.05) is 0 Å². The highest BCUT2D eigenvalue weighted by Crippen LogP contribution is 2.41. The van der Waals surface area contributed by atoms with Gasteiger partial charge < -0.3 is 15.6 Å². The lowest BCUT2D eigenvalue weighted by molar-refractivity contribution is -0.267. The Kier molecular flexibility index (Phi) is 3.81. The van der Waals surface area contributed by atoms with Gasteiger partial charge in [-0.2, -0.15) is 13.2 Å². The van der Waals surface area contributed by atoms with E-state index in [0.29, 0.717) is 10.2 Å². The van der Waals surface area contributed by atoms with Crippen molar-refractivity contribution in [3.05, 3.63) is 23.8 Å². The zero-order valence-electron chi connectivity index (χ0n) is 10.8. The second-order valence-electron chi connectivity index (χ2n) is 4.16. The van der Waals surface area contributed by atoms with Crippen LogP contribution in [0.15, 0.2) is 18.2 Å². The van der Waals surface area contributed by atoms with Crippen LogP contribution in [0.4, 0.5) is 18.3 Å². The lowest BCUT2D eigenvalue weighted by Crippen LogP contribution is -2.50. The van der Waals surface area contributed by atoms with Gasteiger partial charge in [0.2, 0.25) is 0 Å². The Labute approximate surface area is 121 Å². The Bertz CT molecular complexity index is 686. The topological polar surface area (TPSA) is 85.4 Å². The number of aliphatic hydroxyl groups is 1.